The topological polar surface area (TPSA) is 87.1 Å². The fraction of sp³-hybridized carbons (Fsp3) is 0.312. The monoisotopic (exact) mass is 509 g/mol. The first-order valence-corrected chi connectivity index (χ1v) is 13.2. The zero-order chi connectivity index (χ0) is 26.4. The first-order chi connectivity index (χ1) is 18.5. The Kier molecular flexibility index (Phi) is 6.38. The molecule has 3 aliphatic rings. The lowest BCUT2D eigenvalue weighted by atomic mass is 9.69. The highest BCUT2D eigenvalue weighted by Crippen LogP contribution is 2.49. The molecule has 3 aromatic rings. The Morgan fingerprint density at radius 1 is 0.974 bits per heavy atom. The van der Waals surface area contributed by atoms with Gasteiger partial charge in [0.2, 0.25) is 11.8 Å². The van der Waals surface area contributed by atoms with Crippen LogP contribution in [0.2, 0.25) is 0 Å². The summed E-state index contributed by atoms with van der Waals surface area (Å²) in [4.78, 5) is 26.8. The summed E-state index contributed by atoms with van der Waals surface area (Å²) >= 11 is 0. The number of amides is 2. The van der Waals surface area contributed by atoms with Crippen LogP contribution in [0.1, 0.15) is 30.4 Å². The predicted octanol–water partition coefficient (Wildman–Crippen LogP) is 4.80. The van der Waals surface area contributed by atoms with Gasteiger partial charge in [-0.15, -0.1) is 0 Å². The number of carbonyl (C=O) groups is 2. The summed E-state index contributed by atoms with van der Waals surface area (Å²) in [6.45, 7) is 0.269. The van der Waals surface area contributed by atoms with Crippen LogP contribution in [0.5, 0.6) is 5.75 Å². The molecule has 0 saturated carbocycles. The van der Waals surface area contributed by atoms with Crippen molar-refractivity contribution in [2.45, 2.75) is 25.4 Å². The minimum Gasteiger partial charge on any atom is -0.507 e. The molecule has 3 aromatic carbocycles. The van der Waals surface area contributed by atoms with Crippen LogP contribution in [0.25, 0.3) is 22.4 Å². The molecule has 1 aliphatic carbocycles. The molecule has 0 unspecified atom stereocenters. The quantitative estimate of drug-likeness (QED) is 0.283. The molecule has 2 saturated heterocycles. The van der Waals surface area contributed by atoms with E-state index in [1.165, 1.54) is 4.90 Å². The summed E-state index contributed by atoms with van der Waals surface area (Å²) in [5.74, 6) is -0.971. The summed E-state index contributed by atoms with van der Waals surface area (Å²) in [6, 6.07) is 21.7. The number of benzene rings is 3. The van der Waals surface area contributed by atoms with Gasteiger partial charge in [0.15, 0.2) is 0 Å². The molecule has 2 fully saturated rings. The molecule has 6 rings (SSSR count). The lowest BCUT2D eigenvalue weighted by Gasteiger charge is -2.31. The summed E-state index contributed by atoms with van der Waals surface area (Å²) < 4.78 is 6.27. The minimum absolute atomic E-state index is 0.124. The average Bonchev–Trinajstić information content (AvgIpc) is 3.47. The second-order valence-electron chi connectivity index (χ2n) is 10.5. The molecule has 2 heterocycles. The number of imide groups is 1. The number of likely N-dealkylation sites (tertiary alicyclic amines) is 1. The van der Waals surface area contributed by atoms with Gasteiger partial charge >= 0.3 is 0 Å². The zero-order valence-corrected chi connectivity index (χ0v) is 21.3. The van der Waals surface area contributed by atoms with E-state index >= 15 is 0 Å². The Hall–Kier alpha value is -3.74. The van der Waals surface area contributed by atoms with Crippen molar-refractivity contribution < 1.29 is 24.5 Å². The average molecular weight is 510 g/mol. The number of phenolic OH excluding ortho intramolecular Hbond substituents is 1. The fourth-order valence-electron chi connectivity index (χ4n) is 6.64. The van der Waals surface area contributed by atoms with Gasteiger partial charge in [-0.3, -0.25) is 14.5 Å². The fourth-order valence-corrected chi connectivity index (χ4v) is 6.64. The van der Waals surface area contributed by atoms with Gasteiger partial charge in [0, 0.05) is 18.4 Å². The van der Waals surface area contributed by atoms with E-state index in [1.807, 2.05) is 48.5 Å². The predicted molar refractivity (Wildman–Crippen MR) is 146 cm³/mol. The van der Waals surface area contributed by atoms with Crippen molar-refractivity contribution in [2.75, 3.05) is 20.3 Å². The number of aliphatic hydroxyl groups is 1. The third-order valence-corrected chi connectivity index (χ3v) is 8.50. The van der Waals surface area contributed by atoms with E-state index in [0.717, 1.165) is 45.0 Å². The number of phenols is 1. The number of rotatable bonds is 6. The Bertz CT molecular complexity index is 1470. The molecule has 2 N–H and O–H groups in total. The van der Waals surface area contributed by atoms with Crippen molar-refractivity contribution in [3.05, 3.63) is 89.0 Å². The maximum Gasteiger partial charge on any atom is 0.233 e. The van der Waals surface area contributed by atoms with Gasteiger partial charge < -0.3 is 14.9 Å². The number of ether oxygens (including phenoxy) is 1. The summed E-state index contributed by atoms with van der Waals surface area (Å²) in [5.41, 5.74) is 5.15. The van der Waals surface area contributed by atoms with Crippen molar-refractivity contribution in [3.8, 4) is 5.75 Å². The molecule has 0 aromatic heterocycles. The molecule has 0 spiro atoms. The van der Waals surface area contributed by atoms with Gasteiger partial charge in [0.05, 0.1) is 31.2 Å². The molecular formula is C32H31NO5. The van der Waals surface area contributed by atoms with Crippen LogP contribution in [0.3, 0.4) is 0 Å². The smallest absolute Gasteiger partial charge is 0.233 e. The van der Waals surface area contributed by atoms with E-state index in [0.29, 0.717) is 19.4 Å². The van der Waals surface area contributed by atoms with Crippen LogP contribution in [0.4, 0.5) is 0 Å². The first kappa shape index (κ1) is 24.6. The molecule has 2 amide bonds. The number of fused-ring (bicyclic) bond motifs is 4. The number of nitrogens with zero attached hydrogens (tertiary/aromatic N) is 1. The second kappa shape index (κ2) is 9.86. The number of allylic oxidation sites excluding steroid dienone is 1. The van der Waals surface area contributed by atoms with E-state index in [2.05, 4.69) is 18.2 Å². The minimum atomic E-state index is -0.395. The Morgan fingerprint density at radius 2 is 1.71 bits per heavy atom. The summed E-state index contributed by atoms with van der Waals surface area (Å²) in [7, 11) is 1.55. The second-order valence-corrected chi connectivity index (χ2v) is 10.5. The molecular weight excluding hydrogens is 478 g/mol. The number of hydrogen-bond acceptors (Lipinski definition) is 5. The van der Waals surface area contributed by atoms with Crippen molar-refractivity contribution in [1.29, 1.82) is 0 Å². The van der Waals surface area contributed by atoms with Gasteiger partial charge in [-0.1, -0.05) is 66.7 Å². The Morgan fingerprint density at radius 3 is 2.47 bits per heavy atom. The SMILES string of the molecule is CN1C(=O)[C@@H]2[C@@H](CC(CO)=C3[C@@H](CC/C(=C/c4ccc(O)c5ccccc45)c4ccccc4)OC[C@@H]32)C1=O. The zero-order valence-electron chi connectivity index (χ0n) is 21.3. The molecule has 4 atom stereocenters. The first-order valence-electron chi connectivity index (χ1n) is 13.2. The number of aliphatic hydroxyl groups excluding tert-OH is 1. The van der Waals surface area contributed by atoms with Crippen LogP contribution >= 0.6 is 0 Å². The van der Waals surface area contributed by atoms with Crippen molar-refractivity contribution >= 4 is 34.2 Å². The van der Waals surface area contributed by atoms with E-state index in [-0.39, 0.29) is 36.2 Å². The van der Waals surface area contributed by atoms with Crippen molar-refractivity contribution in [3.63, 3.8) is 0 Å². The normalized spacial score (nSPS) is 25.3. The maximum absolute atomic E-state index is 12.9. The van der Waals surface area contributed by atoms with Gasteiger partial charge in [0.1, 0.15) is 5.75 Å². The standard InChI is InChI=1S/C32H31NO5/c1-33-31(36)25-16-22(17-34)29-26(30(25)32(33)37)18-38-28(29)14-12-20(19-7-3-2-4-8-19)15-21-11-13-27(35)24-10-6-5-9-23(21)24/h2-11,13,15,25-26,28,30,34-35H,12,14,16-18H2,1H3/b20-15-/t25-,26+,28-,30-/m1/s1. The lowest BCUT2D eigenvalue weighted by Crippen LogP contribution is -2.34. The van der Waals surface area contributed by atoms with Gasteiger partial charge in [-0.05, 0) is 58.6 Å². The van der Waals surface area contributed by atoms with Gasteiger partial charge in [0.25, 0.3) is 0 Å². The summed E-state index contributed by atoms with van der Waals surface area (Å²) in [6.07, 6.45) is 3.81. The maximum atomic E-state index is 12.9. The third kappa shape index (κ3) is 4.05. The lowest BCUT2D eigenvalue weighted by molar-refractivity contribution is -0.138. The largest absolute Gasteiger partial charge is 0.507 e. The van der Waals surface area contributed by atoms with E-state index in [9.17, 15) is 19.8 Å². The molecule has 6 nitrogen and oxygen atoms in total. The van der Waals surface area contributed by atoms with E-state index in [4.69, 9.17) is 4.74 Å². The van der Waals surface area contributed by atoms with Gasteiger partial charge in [-0.25, -0.2) is 0 Å². The van der Waals surface area contributed by atoms with Crippen LogP contribution in [-0.2, 0) is 14.3 Å². The number of carbonyl (C=O) groups excluding carboxylic acids is 2. The van der Waals surface area contributed by atoms with Gasteiger partial charge in [-0.2, -0.15) is 0 Å². The highest BCUT2D eigenvalue weighted by Gasteiger charge is 2.55. The molecule has 0 radical (unpaired) electrons. The molecule has 38 heavy (non-hydrogen) atoms. The van der Waals surface area contributed by atoms with Crippen molar-refractivity contribution in [2.24, 2.45) is 17.8 Å². The molecule has 194 valence electrons. The molecule has 6 heteroatoms. The Balaban J connectivity index is 1.33. The number of hydrogen-bond donors (Lipinski definition) is 2. The number of aromatic hydroxyl groups is 1. The van der Waals surface area contributed by atoms with Crippen molar-refractivity contribution in [1.82, 2.24) is 4.90 Å². The highest BCUT2D eigenvalue weighted by molar-refractivity contribution is 6.05. The highest BCUT2D eigenvalue weighted by atomic mass is 16.5. The van der Waals surface area contributed by atoms with E-state index in [1.54, 1.807) is 13.1 Å². The van der Waals surface area contributed by atoms with Crippen LogP contribution < -0.4 is 0 Å². The van der Waals surface area contributed by atoms with E-state index < -0.39 is 11.8 Å². The summed E-state index contributed by atoms with van der Waals surface area (Å²) in [5, 5.41) is 22.4. The molecule has 2 aliphatic heterocycles. The van der Waals surface area contributed by atoms with Crippen LogP contribution in [0.15, 0.2) is 77.9 Å². The Labute approximate surface area is 221 Å². The van der Waals surface area contributed by atoms with Crippen LogP contribution in [-0.4, -0.2) is 53.3 Å². The molecule has 0 bridgehead atoms. The van der Waals surface area contributed by atoms with Crippen LogP contribution in [0, 0.1) is 17.8 Å². The third-order valence-electron chi connectivity index (χ3n) is 8.50.